The lowest BCUT2D eigenvalue weighted by atomic mass is 10.1. The molecule has 20 heavy (non-hydrogen) atoms. The summed E-state index contributed by atoms with van der Waals surface area (Å²) in [5, 5.41) is 3.03. The normalized spacial score (nSPS) is 10.3. The van der Waals surface area contributed by atoms with Gasteiger partial charge in [-0.2, -0.15) is 0 Å². The summed E-state index contributed by atoms with van der Waals surface area (Å²) in [6, 6.07) is 11.2. The molecule has 0 atom stereocenters. The van der Waals surface area contributed by atoms with Crippen molar-refractivity contribution in [3.63, 3.8) is 0 Å². The molecule has 0 aliphatic carbocycles. The van der Waals surface area contributed by atoms with E-state index in [0.717, 1.165) is 11.1 Å². The van der Waals surface area contributed by atoms with Gasteiger partial charge in [0.25, 0.3) is 5.91 Å². The fraction of sp³-hybridized carbons (Fsp3) is 0.200. The highest BCUT2D eigenvalue weighted by atomic mass is 35.5. The Bertz CT molecular complexity index is 602. The second kappa shape index (κ2) is 7.03. The Morgan fingerprint density at radius 3 is 2.85 bits per heavy atom. The number of nitrogens with zero attached hydrogens (tertiary/aromatic N) is 1. The molecule has 0 radical (unpaired) electrons. The Morgan fingerprint density at radius 1 is 1.30 bits per heavy atom. The summed E-state index contributed by atoms with van der Waals surface area (Å²) in [6.07, 6.45) is 1.55. The molecule has 0 fully saturated rings. The summed E-state index contributed by atoms with van der Waals surface area (Å²) in [7, 11) is 1.65. The first-order chi connectivity index (χ1) is 9.70. The van der Waals surface area contributed by atoms with Gasteiger partial charge in [-0.25, -0.2) is 4.98 Å². The topological polar surface area (TPSA) is 51.2 Å². The number of nitrogens with one attached hydrogen (secondary N) is 1. The number of carbonyl (C=O) groups excluding carboxylic acids is 1. The van der Waals surface area contributed by atoms with E-state index in [4.69, 9.17) is 16.3 Å². The molecule has 1 aromatic carbocycles. The van der Waals surface area contributed by atoms with Crippen LogP contribution in [-0.2, 0) is 17.9 Å². The van der Waals surface area contributed by atoms with Crippen LogP contribution in [0.3, 0.4) is 0 Å². The summed E-state index contributed by atoms with van der Waals surface area (Å²) in [5.74, 6) is -0.236. The Hall–Kier alpha value is -1.91. The maximum absolute atomic E-state index is 12.0. The maximum atomic E-state index is 12.0. The fourth-order valence-electron chi connectivity index (χ4n) is 1.83. The molecule has 1 aromatic heterocycles. The van der Waals surface area contributed by atoms with Crippen molar-refractivity contribution in [3.05, 3.63) is 64.4 Å². The molecule has 2 rings (SSSR count). The summed E-state index contributed by atoms with van der Waals surface area (Å²) in [4.78, 5) is 15.9. The monoisotopic (exact) mass is 290 g/mol. The Labute approximate surface area is 122 Å². The van der Waals surface area contributed by atoms with Gasteiger partial charge >= 0.3 is 0 Å². The van der Waals surface area contributed by atoms with Crippen LogP contribution in [0.1, 0.15) is 21.5 Å². The fourth-order valence-corrected chi connectivity index (χ4v) is 2.03. The van der Waals surface area contributed by atoms with Gasteiger partial charge in [0.15, 0.2) is 0 Å². The van der Waals surface area contributed by atoms with Crippen molar-refractivity contribution >= 4 is 17.5 Å². The van der Waals surface area contributed by atoms with Crippen molar-refractivity contribution in [2.75, 3.05) is 7.11 Å². The predicted molar refractivity (Wildman–Crippen MR) is 77.6 cm³/mol. The number of benzene rings is 1. The zero-order valence-electron chi connectivity index (χ0n) is 11.1. The van der Waals surface area contributed by atoms with E-state index in [0.29, 0.717) is 18.7 Å². The van der Waals surface area contributed by atoms with Crippen molar-refractivity contribution in [2.45, 2.75) is 13.2 Å². The molecule has 0 aliphatic rings. The first-order valence-corrected chi connectivity index (χ1v) is 6.54. The van der Waals surface area contributed by atoms with Crippen molar-refractivity contribution in [1.29, 1.82) is 0 Å². The highest BCUT2D eigenvalue weighted by Crippen LogP contribution is 2.12. The van der Waals surface area contributed by atoms with Crippen LogP contribution in [0.2, 0.25) is 5.15 Å². The molecule has 1 amide bonds. The van der Waals surface area contributed by atoms with E-state index >= 15 is 0 Å². The predicted octanol–water partition coefficient (Wildman–Crippen LogP) is 2.81. The SMILES string of the molecule is COCc1cccc(CNC(=O)c2cccnc2Cl)c1. The minimum absolute atomic E-state index is 0.207. The second-order valence-corrected chi connectivity index (χ2v) is 4.64. The van der Waals surface area contributed by atoms with Crippen LogP contribution in [0.15, 0.2) is 42.6 Å². The van der Waals surface area contributed by atoms with Gasteiger partial charge < -0.3 is 10.1 Å². The van der Waals surface area contributed by atoms with Crippen LogP contribution in [0.25, 0.3) is 0 Å². The molecule has 0 spiro atoms. The molecule has 0 saturated carbocycles. The lowest BCUT2D eigenvalue weighted by molar-refractivity contribution is 0.0950. The molecule has 1 heterocycles. The Balaban J connectivity index is 2.00. The Kier molecular flexibility index (Phi) is 5.09. The van der Waals surface area contributed by atoms with E-state index in [9.17, 15) is 4.79 Å². The highest BCUT2D eigenvalue weighted by molar-refractivity contribution is 6.32. The first-order valence-electron chi connectivity index (χ1n) is 6.16. The number of hydrogen-bond acceptors (Lipinski definition) is 3. The van der Waals surface area contributed by atoms with E-state index < -0.39 is 0 Å². The number of rotatable bonds is 5. The minimum atomic E-state index is -0.236. The molecule has 5 heteroatoms. The molecule has 2 aromatic rings. The summed E-state index contributed by atoms with van der Waals surface area (Å²) in [6.45, 7) is 0.984. The summed E-state index contributed by atoms with van der Waals surface area (Å²) >= 11 is 5.88. The van der Waals surface area contributed by atoms with Gasteiger partial charge in [-0.05, 0) is 23.3 Å². The van der Waals surface area contributed by atoms with Crippen LogP contribution in [-0.4, -0.2) is 18.0 Å². The average Bonchev–Trinajstić information content (AvgIpc) is 2.46. The third-order valence-electron chi connectivity index (χ3n) is 2.76. The molecule has 0 aliphatic heterocycles. The zero-order chi connectivity index (χ0) is 14.4. The van der Waals surface area contributed by atoms with Gasteiger partial charge in [-0.3, -0.25) is 4.79 Å². The van der Waals surface area contributed by atoms with Gasteiger partial charge in [0.2, 0.25) is 0 Å². The molecular formula is C15H15ClN2O2. The minimum Gasteiger partial charge on any atom is -0.380 e. The van der Waals surface area contributed by atoms with Crippen LogP contribution in [0.5, 0.6) is 0 Å². The molecule has 4 nitrogen and oxygen atoms in total. The van der Waals surface area contributed by atoms with Crippen molar-refractivity contribution < 1.29 is 9.53 Å². The van der Waals surface area contributed by atoms with Gasteiger partial charge in [0.1, 0.15) is 5.15 Å². The van der Waals surface area contributed by atoms with Crippen LogP contribution >= 0.6 is 11.6 Å². The number of pyridine rings is 1. The summed E-state index contributed by atoms with van der Waals surface area (Å²) in [5.41, 5.74) is 2.45. The van der Waals surface area contributed by atoms with Crippen molar-refractivity contribution in [3.8, 4) is 0 Å². The van der Waals surface area contributed by atoms with Crippen molar-refractivity contribution in [2.24, 2.45) is 0 Å². The number of hydrogen-bond donors (Lipinski definition) is 1. The first kappa shape index (κ1) is 14.5. The summed E-state index contributed by atoms with van der Waals surface area (Å²) < 4.78 is 5.08. The van der Waals surface area contributed by atoms with E-state index in [2.05, 4.69) is 10.3 Å². The number of halogens is 1. The van der Waals surface area contributed by atoms with Gasteiger partial charge in [0.05, 0.1) is 12.2 Å². The molecule has 1 N–H and O–H groups in total. The second-order valence-electron chi connectivity index (χ2n) is 4.28. The van der Waals surface area contributed by atoms with Crippen LogP contribution < -0.4 is 5.32 Å². The van der Waals surface area contributed by atoms with E-state index in [1.165, 1.54) is 0 Å². The number of ether oxygens (including phenoxy) is 1. The number of methoxy groups -OCH3 is 1. The van der Waals surface area contributed by atoms with Gasteiger partial charge in [-0.15, -0.1) is 0 Å². The van der Waals surface area contributed by atoms with Crippen LogP contribution in [0, 0.1) is 0 Å². The number of aromatic nitrogens is 1. The van der Waals surface area contributed by atoms with E-state index in [1.807, 2.05) is 24.3 Å². The molecular weight excluding hydrogens is 276 g/mol. The third kappa shape index (κ3) is 3.79. The quantitative estimate of drug-likeness (QED) is 0.862. The van der Waals surface area contributed by atoms with Gasteiger partial charge in [-0.1, -0.05) is 35.9 Å². The molecule has 0 saturated heterocycles. The Morgan fingerprint density at radius 2 is 2.10 bits per heavy atom. The zero-order valence-corrected chi connectivity index (χ0v) is 11.9. The lowest BCUT2D eigenvalue weighted by Gasteiger charge is -2.07. The van der Waals surface area contributed by atoms with Gasteiger partial charge in [0, 0.05) is 19.9 Å². The maximum Gasteiger partial charge on any atom is 0.254 e. The average molecular weight is 291 g/mol. The van der Waals surface area contributed by atoms with E-state index in [1.54, 1.807) is 25.4 Å². The lowest BCUT2D eigenvalue weighted by Crippen LogP contribution is -2.23. The highest BCUT2D eigenvalue weighted by Gasteiger charge is 2.10. The number of carbonyl (C=O) groups is 1. The largest absolute Gasteiger partial charge is 0.380 e. The smallest absolute Gasteiger partial charge is 0.254 e. The molecule has 0 bridgehead atoms. The van der Waals surface area contributed by atoms with Crippen LogP contribution in [0.4, 0.5) is 0 Å². The number of amides is 1. The van der Waals surface area contributed by atoms with E-state index in [-0.39, 0.29) is 11.1 Å². The molecule has 104 valence electrons. The van der Waals surface area contributed by atoms with Crippen molar-refractivity contribution in [1.82, 2.24) is 10.3 Å². The molecule has 0 unspecified atom stereocenters. The standard InChI is InChI=1S/C15H15ClN2O2/c1-20-10-12-5-2-4-11(8-12)9-18-15(19)13-6-3-7-17-14(13)16/h2-8H,9-10H2,1H3,(H,18,19). The third-order valence-corrected chi connectivity index (χ3v) is 3.06.